The minimum Gasteiger partial charge on any atom is -0.345 e. The van der Waals surface area contributed by atoms with E-state index < -0.39 is 0 Å². The molecule has 2 rings (SSSR count). The second-order valence-corrected chi connectivity index (χ2v) is 4.59. The Kier molecular flexibility index (Phi) is 2.04. The quantitative estimate of drug-likeness (QED) is 0.711. The minimum atomic E-state index is 0.967. The molecule has 0 atom stereocenters. The largest absolute Gasteiger partial charge is 0.345 e. The summed E-state index contributed by atoms with van der Waals surface area (Å²) in [5.74, 6) is 0. The average Bonchev–Trinajstić information content (AvgIpc) is 2.33. The first-order valence-corrected chi connectivity index (χ1v) is 5.21. The molecule has 0 amide bonds. The zero-order valence-corrected chi connectivity index (χ0v) is 9.75. The van der Waals surface area contributed by atoms with Crippen LogP contribution in [0.4, 0.5) is 0 Å². The van der Waals surface area contributed by atoms with Crippen molar-refractivity contribution in [1.29, 1.82) is 0 Å². The lowest BCUT2D eigenvalue weighted by molar-refractivity contribution is 1.31. The number of halogens is 2. The van der Waals surface area contributed by atoms with Crippen molar-refractivity contribution in [3.8, 4) is 0 Å². The van der Waals surface area contributed by atoms with E-state index in [1.807, 2.05) is 12.4 Å². The summed E-state index contributed by atoms with van der Waals surface area (Å²) in [6, 6.07) is 2.13. The predicted octanol–water partition coefficient (Wildman–Crippen LogP) is 2.77. The van der Waals surface area contributed by atoms with E-state index in [-0.39, 0.29) is 0 Å². The van der Waals surface area contributed by atoms with Gasteiger partial charge in [-0.1, -0.05) is 0 Å². The first-order valence-electron chi connectivity index (χ1n) is 3.05. The Bertz CT molecular complexity index is 394. The number of aromatic nitrogens is 2. The Hall–Kier alpha value is 0.150. The van der Waals surface area contributed by atoms with Crippen molar-refractivity contribution >= 4 is 56.2 Å². The maximum atomic E-state index is 4.23. The van der Waals surface area contributed by atoms with Gasteiger partial charge in [-0.2, -0.15) is 0 Å². The van der Waals surface area contributed by atoms with Gasteiger partial charge in [-0.15, -0.1) is 0 Å². The Balaban J connectivity index is 2.87. The molecule has 4 heteroatoms. The molecule has 56 valence electrons. The zero-order valence-electron chi connectivity index (χ0n) is 5.44. The molecular weight excluding hydrogens is 366 g/mol. The molecule has 0 bridgehead atoms. The molecule has 0 aromatic carbocycles. The first kappa shape index (κ1) is 7.78. The van der Waals surface area contributed by atoms with Gasteiger partial charge in [0.05, 0.1) is 0 Å². The summed E-state index contributed by atoms with van der Waals surface area (Å²) < 4.78 is 2.40. The van der Waals surface area contributed by atoms with Gasteiger partial charge in [-0.25, -0.2) is 4.98 Å². The van der Waals surface area contributed by atoms with Gasteiger partial charge in [0.2, 0.25) is 0 Å². The van der Waals surface area contributed by atoms with E-state index in [0.717, 1.165) is 5.65 Å². The summed E-state index contributed by atoms with van der Waals surface area (Å²) in [5, 5.41) is 1.21. The van der Waals surface area contributed by atoms with Crippen molar-refractivity contribution in [3.63, 3.8) is 0 Å². The number of H-pyrrole nitrogens is 1. The molecule has 2 aromatic rings. The highest BCUT2D eigenvalue weighted by Crippen LogP contribution is 2.19. The third-order valence-electron chi connectivity index (χ3n) is 1.45. The molecule has 0 spiro atoms. The fraction of sp³-hybridized carbons (Fsp3) is 0. The van der Waals surface area contributed by atoms with Crippen LogP contribution in [0.5, 0.6) is 0 Å². The van der Waals surface area contributed by atoms with E-state index in [1.54, 1.807) is 0 Å². The maximum absolute atomic E-state index is 4.23. The summed E-state index contributed by atoms with van der Waals surface area (Å²) in [5.41, 5.74) is 0.967. The first-order chi connectivity index (χ1) is 5.27. The van der Waals surface area contributed by atoms with Gasteiger partial charge in [0.1, 0.15) is 5.65 Å². The standard InChI is InChI=1S/C7H4I2N2/c8-4-1-5-6(9)3-11-7(5)10-2-4/h1-3H,(H,10,11). The summed E-state index contributed by atoms with van der Waals surface area (Å²) in [7, 11) is 0. The molecule has 2 aromatic heterocycles. The molecule has 0 radical (unpaired) electrons. The average molecular weight is 370 g/mol. The van der Waals surface area contributed by atoms with Crippen molar-refractivity contribution in [2.24, 2.45) is 0 Å². The van der Waals surface area contributed by atoms with Crippen LogP contribution in [-0.2, 0) is 0 Å². The molecule has 2 heterocycles. The van der Waals surface area contributed by atoms with Crippen molar-refractivity contribution in [3.05, 3.63) is 25.6 Å². The molecule has 0 aliphatic heterocycles. The van der Waals surface area contributed by atoms with Crippen molar-refractivity contribution < 1.29 is 0 Å². The second-order valence-electron chi connectivity index (χ2n) is 2.19. The predicted molar refractivity (Wildman–Crippen MR) is 61.5 cm³/mol. The summed E-state index contributed by atoms with van der Waals surface area (Å²) in [6.07, 6.45) is 3.82. The Labute approximate surface area is 91.1 Å². The highest BCUT2D eigenvalue weighted by Gasteiger charge is 2.00. The van der Waals surface area contributed by atoms with Crippen LogP contribution in [0.2, 0.25) is 0 Å². The van der Waals surface area contributed by atoms with Crippen LogP contribution in [0.25, 0.3) is 11.0 Å². The number of aromatic amines is 1. The van der Waals surface area contributed by atoms with E-state index in [4.69, 9.17) is 0 Å². The Morgan fingerprint density at radius 2 is 2.18 bits per heavy atom. The fourth-order valence-electron chi connectivity index (χ4n) is 0.946. The number of hydrogen-bond acceptors (Lipinski definition) is 1. The highest BCUT2D eigenvalue weighted by molar-refractivity contribution is 14.1. The number of nitrogens with zero attached hydrogens (tertiary/aromatic N) is 1. The normalized spacial score (nSPS) is 10.7. The van der Waals surface area contributed by atoms with Gasteiger partial charge in [0, 0.05) is 24.9 Å². The van der Waals surface area contributed by atoms with Crippen LogP contribution in [-0.4, -0.2) is 9.97 Å². The number of nitrogens with one attached hydrogen (secondary N) is 1. The Morgan fingerprint density at radius 1 is 1.36 bits per heavy atom. The number of hydrogen-bond donors (Lipinski definition) is 1. The molecule has 0 saturated carbocycles. The topological polar surface area (TPSA) is 28.7 Å². The van der Waals surface area contributed by atoms with E-state index in [1.165, 1.54) is 12.5 Å². The monoisotopic (exact) mass is 370 g/mol. The van der Waals surface area contributed by atoms with Gasteiger partial charge < -0.3 is 4.98 Å². The molecule has 0 aliphatic rings. The summed E-state index contributed by atoms with van der Waals surface area (Å²) in [6.45, 7) is 0. The molecule has 1 N–H and O–H groups in total. The van der Waals surface area contributed by atoms with Gasteiger partial charge in [0.25, 0.3) is 0 Å². The molecular formula is C7H4I2N2. The van der Waals surface area contributed by atoms with Gasteiger partial charge >= 0.3 is 0 Å². The van der Waals surface area contributed by atoms with E-state index in [2.05, 4.69) is 61.2 Å². The molecule has 11 heavy (non-hydrogen) atoms. The third kappa shape index (κ3) is 1.37. The van der Waals surface area contributed by atoms with Crippen LogP contribution < -0.4 is 0 Å². The van der Waals surface area contributed by atoms with Crippen LogP contribution in [0.1, 0.15) is 0 Å². The van der Waals surface area contributed by atoms with Crippen molar-refractivity contribution in [1.82, 2.24) is 9.97 Å². The van der Waals surface area contributed by atoms with Crippen LogP contribution >= 0.6 is 45.2 Å². The lowest BCUT2D eigenvalue weighted by Gasteiger charge is -1.90. The van der Waals surface area contributed by atoms with E-state index in [9.17, 15) is 0 Å². The maximum Gasteiger partial charge on any atom is 0.138 e. The van der Waals surface area contributed by atoms with Gasteiger partial charge in [0.15, 0.2) is 0 Å². The molecule has 2 nitrogen and oxygen atoms in total. The fourth-order valence-corrected chi connectivity index (χ4v) is 1.96. The van der Waals surface area contributed by atoms with Crippen molar-refractivity contribution in [2.45, 2.75) is 0 Å². The molecule has 0 unspecified atom stereocenters. The molecule has 0 aliphatic carbocycles. The highest BCUT2D eigenvalue weighted by atomic mass is 127. The Morgan fingerprint density at radius 3 is 3.00 bits per heavy atom. The third-order valence-corrected chi connectivity index (χ3v) is 2.93. The summed E-state index contributed by atoms with van der Waals surface area (Å²) in [4.78, 5) is 7.33. The van der Waals surface area contributed by atoms with Crippen LogP contribution in [0, 0.1) is 7.14 Å². The van der Waals surface area contributed by atoms with Crippen LogP contribution in [0.3, 0.4) is 0 Å². The second kappa shape index (κ2) is 2.89. The molecule has 0 fully saturated rings. The number of pyridine rings is 1. The SMILES string of the molecule is Ic1cnc2[nH]cc(I)c2c1. The van der Waals surface area contributed by atoms with E-state index >= 15 is 0 Å². The lowest BCUT2D eigenvalue weighted by atomic mass is 10.3. The zero-order chi connectivity index (χ0) is 7.84. The van der Waals surface area contributed by atoms with Crippen molar-refractivity contribution in [2.75, 3.05) is 0 Å². The van der Waals surface area contributed by atoms with Crippen LogP contribution in [0.15, 0.2) is 18.5 Å². The lowest BCUT2D eigenvalue weighted by Crippen LogP contribution is -1.77. The number of rotatable bonds is 0. The smallest absolute Gasteiger partial charge is 0.138 e. The number of fused-ring (bicyclic) bond motifs is 1. The summed E-state index contributed by atoms with van der Waals surface area (Å²) >= 11 is 4.56. The molecule has 0 saturated heterocycles. The van der Waals surface area contributed by atoms with Gasteiger partial charge in [-0.3, -0.25) is 0 Å². The minimum absolute atomic E-state index is 0.967. The van der Waals surface area contributed by atoms with Gasteiger partial charge in [-0.05, 0) is 51.2 Å². The van der Waals surface area contributed by atoms with E-state index in [0.29, 0.717) is 0 Å².